The molecule has 0 saturated carbocycles. The summed E-state index contributed by atoms with van der Waals surface area (Å²) >= 11 is 0. The van der Waals surface area contributed by atoms with E-state index in [2.05, 4.69) is 66.7 Å². The first-order valence-corrected chi connectivity index (χ1v) is 7.26. The van der Waals surface area contributed by atoms with Crippen LogP contribution in [0.3, 0.4) is 0 Å². The van der Waals surface area contributed by atoms with Gasteiger partial charge in [0.05, 0.1) is 13.2 Å². The van der Waals surface area contributed by atoms with E-state index in [0.29, 0.717) is 6.61 Å². The molecule has 0 spiro atoms. The maximum atomic E-state index is 5.60. The summed E-state index contributed by atoms with van der Waals surface area (Å²) in [6.45, 7) is 1.49. The van der Waals surface area contributed by atoms with Crippen LogP contribution in [0.5, 0.6) is 0 Å². The topological polar surface area (TPSA) is 9.23 Å². The van der Waals surface area contributed by atoms with E-state index in [1.807, 2.05) is 6.07 Å². The Labute approximate surface area is 121 Å². The molecule has 0 radical (unpaired) electrons. The number of aryl methyl sites for hydroxylation is 1. The van der Waals surface area contributed by atoms with Crippen molar-refractivity contribution in [1.82, 2.24) is 0 Å². The number of rotatable bonds is 8. The number of hydrogen-bond donors (Lipinski definition) is 0. The van der Waals surface area contributed by atoms with Gasteiger partial charge in [-0.2, -0.15) is 0 Å². The van der Waals surface area contributed by atoms with Gasteiger partial charge in [0.25, 0.3) is 0 Å². The molecule has 2 aromatic rings. The molecule has 0 saturated heterocycles. The first-order chi connectivity index (χ1) is 9.95. The molecule has 20 heavy (non-hydrogen) atoms. The van der Waals surface area contributed by atoms with Crippen molar-refractivity contribution in [3.63, 3.8) is 0 Å². The van der Waals surface area contributed by atoms with Crippen LogP contribution >= 0.6 is 0 Å². The molecule has 0 N–H and O–H groups in total. The van der Waals surface area contributed by atoms with E-state index < -0.39 is 0 Å². The van der Waals surface area contributed by atoms with Crippen LogP contribution < -0.4 is 0 Å². The molecule has 0 aliphatic carbocycles. The fraction of sp³-hybridized carbons (Fsp3) is 0.263. The predicted octanol–water partition coefficient (Wildman–Crippen LogP) is 4.43. The summed E-state index contributed by atoms with van der Waals surface area (Å²) < 4.78 is 5.60. The highest BCUT2D eigenvalue weighted by molar-refractivity contribution is 5.15. The van der Waals surface area contributed by atoms with Crippen LogP contribution in [0.25, 0.3) is 0 Å². The van der Waals surface area contributed by atoms with Crippen LogP contribution in [0, 0.1) is 0 Å². The number of allylic oxidation sites excluding steroid dienone is 1. The van der Waals surface area contributed by atoms with Crippen molar-refractivity contribution in [1.29, 1.82) is 0 Å². The largest absolute Gasteiger partial charge is 0.377 e. The first kappa shape index (κ1) is 14.5. The molecular formula is C19H22O. The van der Waals surface area contributed by atoms with E-state index in [4.69, 9.17) is 4.74 Å². The van der Waals surface area contributed by atoms with Gasteiger partial charge in [-0.25, -0.2) is 0 Å². The number of ether oxygens (including phenoxy) is 1. The summed E-state index contributed by atoms with van der Waals surface area (Å²) in [5, 5.41) is 0. The average molecular weight is 266 g/mol. The van der Waals surface area contributed by atoms with Gasteiger partial charge in [-0.15, -0.1) is 0 Å². The van der Waals surface area contributed by atoms with E-state index >= 15 is 0 Å². The molecule has 0 amide bonds. The molecule has 0 heterocycles. The Hall–Kier alpha value is -1.86. The van der Waals surface area contributed by atoms with Crippen molar-refractivity contribution in [2.75, 3.05) is 13.2 Å². The number of benzene rings is 2. The molecule has 2 rings (SSSR count). The fourth-order valence-electron chi connectivity index (χ4n) is 2.07. The molecule has 0 unspecified atom stereocenters. The monoisotopic (exact) mass is 266 g/mol. The lowest BCUT2D eigenvalue weighted by atomic mass is 10.1. The highest BCUT2D eigenvalue weighted by Crippen LogP contribution is 2.03. The third-order valence-electron chi connectivity index (χ3n) is 3.20. The van der Waals surface area contributed by atoms with E-state index in [-0.39, 0.29) is 0 Å². The van der Waals surface area contributed by atoms with Crippen molar-refractivity contribution in [2.24, 2.45) is 0 Å². The van der Waals surface area contributed by atoms with Gasteiger partial charge in [0.15, 0.2) is 0 Å². The first-order valence-electron chi connectivity index (χ1n) is 7.26. The molecule has 1 heteroatoms. The standard InChI is InChI=1S/C19H22O/c1-4-10-18(11-5-1)12-8-3-9-16-20-17-15-19-13-6-2-7-14-19/h1-7,9-11,13-14H,8,12,15-17H2/b9-3+. The highest BCUT2D eigenvalue weighted by atomic mass is 16.5. The second kappa shape index (κ2) is 9.11. The van der Waals surface area contributed by atoms with Crippen molar-refractivity contribution in [3.05, 3.63) is 83.9 Å². The van der Waals surface area contributed by atoms with Crippen LogP contribution in [0.2, 0.25) is 0 Å². The smallest absolute Gasteiger partial charge is 0.0647 e. The second-order valence-corrected chi connectivity index (χ2v) is 4.81. The van der Waals surface area contributed by atoms with Crippen molar-refractivity contribution in [3.8, 4) is 0 Å². The van der Waals surface area contributed by atoms with Gasteiger partial charge in [-0.1, -0.05) is 72.8 Å². The van der Waals surface area contributed by atoms with Crippen molar-refractivity contribution in [2.45, 2.75) is 19.3 Å². The third-order valence-corrected chi connectivity index (χ3v) is 3.20. The molecule has 104 valence electrons. The summed E-state index contributed by atoms with van der Waals surface area (Å²) in [6, 6.07) is 21.0. The fourth-order valence-corrected chi connectivity index (χ4v) is 2.07. The SMILES string of the molecule is C(=C\COCCc1ccccc1)/CCc1ccccc1. The van der Waals surface area contributed by atoms with E-state index in [1.165, 1.54) is 11.1 Å². The Balaban J connectivity index is 1.52. The lowest BCUT2D eigenvalue weighted by molar-refractivity contribution is 0.165. The molecule has 0 aliphatic heterocycles. The molecule has 1 nitrogen and oxygen atoms in total. The Kier molecular flexibility index (Phi) is 6.63. The van der Waals surface area contributed by atoms with Gasteiger partial charge >= 0.3 is 0 Å². The molecule has 0 atom stereocenters. The minimum absolute atomic E-state index is 0.710. The summed E-state index contributed by atoms with van der Waals surface area (Å²) in [6.07, 6.45) is 7.48. The van der Waals surface area contributed by atoms with E-state index in [1.54, 1.807) is 0 Å². The minimum Gasteiger partial charge on any atom is -0.377 e. The Morgan fingerprint density at radius 2 is 1.30 bits per heavy atom. The third kappa shape index (κ3) is 5.85. The van der Waals surface area contributed by atoms with E-state index in [0.717, 1.165) is 25.9 Å². The lowest BCUT2D eigenvalue weighted by Crippen LogP contribution is -1.98. The van der Waals surface area contributed by atoms with Crippen LogP contribution in [0.4, 0.5) is 0 Å². The van der Waals surface area contributed by atoms with Crippen LogP contribution in [0.1, 0.15) is 17.5 Å². The zero-order valence-electron chi connectivity index (χ0n) is 11.9. The summed E-state index contributed by atoms with van der Waals surface area (Å²) in [4.78, 5) is 0. The van der Waals surface area contributed by atoms with Gasteiger partial charge in [0, 0.05) is 0 Å². The molecule has 2 aromatic carbocycles. The van der Waals surface area contributed by atoms with Crippen molar-refractivity contribution >= 4 is 0 Å². The summed E-state index contributed by atoms with van der Waals surface area (Å²) in [5.74, 6) is 0. The minimum atomic E-state index is 0.710. The van der Waals surface area contributed by atoms with E-state index in [9.17, 15) is 0 Å². The van der Waals surface area contributed by atoms with Gasteiger partial charge in [0.2, 0.25) is 0 Å². The molecular weight excluding hydrogens is 244 g/mol. The van der Waals surface area contributed by atoms with Crippen molar-refractivity contribution < 1.29 is 4.74 Å². The maximum absolute atomic E-state index is 5.60. The van der Waals surface area contributed by atoms with Gasteiger partial charge < -0.3 is 4.74 Å². The van der Waals surface area contributed by atoms with Crippen LogP contribution in [0.15, 0.2) is 72.8 Å². The number of hydrogen-bond acceptors (Lipinski definition) is 1. The summed E-state index contributed by atoms with van der Waals surface area (Å²) in [5.41, 5.74) is 2.72. The molecule has 0 fully saturated rings. The highest BCUT2D eigenvalue weighted by Gasteiger charge is 1.91. The molecule has 0 bridgehead atoms. The lowest BCUT2D eigenvalue weighted by Gasteiger charge is -2.01. The van der Waals surface area contributed by atoms with Crippen LogP contribution in [-0.2, 0) is 17.6 Å². The molecule has 0 aromatic heterocycles. The second-order valence-electron chi connectivity index (χ2n) is 4.81. The zero-order valence-corrected chi connectivity index (χ0v) is 11.9. The van der Waals surface area contributed by atoms with Crippen LogP contribution in [-0.4, -0.2) is 13.2 Å². The van der Waals surface area contributed by atoms with Gasteiger partial charge in [-0.05, 0) is 30.4 Å². The maximum Gasteiger partial charge on any atom is 0.0647 e. The summed E-state index contributed by atoms with van der Waals surface area (Å²) in [7, 11) is 0. The van der Waals surface area contributed by atoms with Gasteiger partial charge in [0.1, 0.15) is 0 Å². The Morgan fingerprint density at radius 1 is 0.700 bits per heavy atom. The van der Waals surface area contributed by atoms with Gasteiger partial charge in [-0.3, -0.25) is 0 Å². The Morgan fingerprint density at radius 3 is 1.95 bits per heavy atom. The zero-order chi connectivity index (χ0) is 13.9. The average Bonchev–Trinajstić information content (AvgIpc) is 2.52. The predicted molar refractivity (Wildman–Crippen MR) is 84.9 cm³/mol. The quantitative estimate of drug-likeness (QED) is 0.507. The normalized spacial score (nSPS) is 11.0. The Bertz CT molecular complexity index is 488. The molecule has 0 aliphatic rings.